The molecule has 1 aliphatic carbocycles. The summed E-state index contributed by atoms with van der Waals surface area (Å²) in [6.45, 7) is 2.15. The average molecular weight is 369 g/mol. The quantitative estimate of drug-likeness (QED) is 0.631. The van der Waals surface area contributed by atoms with E-state index >= 15 is 0 Å². The highest BCUT2D eigenvalue weighted by atomic mass is 35.5. The smallest absolute Gasteiger partial charge is 0.201 e. The van der Waals surface area contributed by atoms with Crippen molar-refractivity contribution >= 4 is 69.6 Å². The monoisotopic (exact) mass is 366 g/mol. The predicted molar refractivity (Wildman–Crippen MR) is 75.3 cm³/mol. The molecule has 0 amide bonds. The van der Waals surface area contributed by atoms with E-state index in [-0.39, 0.29) is 0 Å². The number of alkyl halides is 7. The topological polar surface area (TPSA) is 20.2 Å². The minimum Gasteiger partial charge on any atom is -0.362 e. The summed E-state index contributed by atoms with van der Waals surface area (Å²) in [5.41, 5.74) is 0. The summed E-state index contributed by atoms with van der Waals surface area (Å²) in [5.74, 6) is -2.00. The second kappa shape index (κ2) is 7.42. The normalized spacial score (nSPS) is 42.7. The highest BCUT2D eigenvalue weighted by molar-refractivity contribution is 6.45. The van der Waals surface area contributed by atoms with Gasteiger partial charge in [-0.2, -0.15) is 0 Å². The number of hydrogen-bond acceptors (Lipinski definition) is 1. The maximum absolute atomic E-state index is 11.2. The van der Waals surface area contributed by atoms with Crippen LogP contribution in [0.1, 0.15) is 13.8 Å². The Labute approximate surface area is 130 Å². The van der Waals surface area contributed by atoms with Gasteiger partial charge in [0.2, 0.25) is 5.85 Å². The Morgan fingerprint density at radius 3 is 0.824 bits per heavy atom. The van der Waals surface area contributed by atoms with Crippen molar-refractivity contribution < 1.29 is 9.50 Å². The maximum atomic E-state index is 11.2. The van der Waals surface area contributed by atoms with Gasteiger partial charge in [-0.3, -0.25) is 0 Å². The van der Waals surface area contributed by atoms with Crippen LogP contribution in [0.4, 0.5) is 4.39 Å². The first-order chi connectivity index (χ1) is 7.46. The van der Waals surface area contributed by atoms with E-state index in [1.54, 1.807) is 0 Å². The molecule has 104 valence electrons. The first kappa shape index (κ1) is 18.6. The van der Waals surface area contributed by atoms with Crippen molar-refractivity contribution in [2.45, 2.75) is 52.0 Å². The van der Waals surface area contributed by atoms with Crippen LogP contribution in [-0.4, -0.2) is 43.2 Å². The Morgan fingerprint density at radius 1 is 0.706 bits per heavy atom. The summed E-state index contributed by atoms with van der Waals surface area (Å²) in [7, 11) is 0. The maximum Gasteiger partial charge on any atom is 0.201 e. The number of halogens is 7. The molecule has 0 radical (unpaired) electrons. The van der Waals surface area contributed by atoms with Gasteiger partial charge in [0.15, 0.2) is 0 Å². The Bertz CT molecular complexity index is 171. The van der Waals surface area contributed by atoms with Crippen LogP contribution >= 0.6 is 69.6 Å². The molecular formula is C9H13Cl6FO. The van der Waals surface area contributed by atoms with Gasteiger partial charge in [0.25, 0.3) is 0 Å². The molecule has 8 heteroatoms. The van der Waals surface area contributed by atoms with Gasteiger partial charge < -0.3 is 5.11 Å². The van der Waals surface area contributed by atoms with Crippen LogP contribution in [-0.2, 0) is 0 Å². The molecule has 1 N–H and O–H groups in total. The van der Waals surface area contributed by atoms with Crippen molar-refractivity contribution in [2.24, 2.45) is 0 Å². The van der Waals surface area contributed by atoms with Crippen LogP contribution < -0.4 is 0 Å². The summed E-state index contributed by atoms with van der Waals surface area (Å²) in [4.78, 5) is 0. The standard InChI is InChI=1S/C6H6Cl6.C3H7FO/c7-1-2(8)4(10)6(12)5(11)3(1)9;1-3(2,4)5/h1-6H;5H,1-2H3/t1-,2-,3-,4+,5+,6+;. The molecule has 0 bridgehead atoms. The van der Waals surface area contributed by atoms with Crippen molar-refractivity contribution in [2.75, 3.05) is 0 Å². The van der Waals surface area contributed by atoms with Gasteiger partial charge in [-0.25, -0.2) is 4.39 Å². The van der Waals surface area contributed by atoms with Crippen LogP contribution in [0.3, 0.4) is 0 Å². The van der Waals surface area contributed by atoms with Gasteiger partial charge in [-0.1, -0.05) is 0 Å². The largest absolute Gasteiger partial charge is 0.362 e. The van der Waals surface area contributed by atoms with Gasteiger partial charge in [0.1, 0.15) is 0 Å². The molecule has 1 fully saturated rings. The van der Waals surface area contributed by atoms with Crippen molar-refractivity contribution in [3.63, 3.8) is 0 Å². The third kappa shape index (κ3) is 6.56. The molecule has 0 atom stereocenters. The van der Waals surface area contributed by atoms with E-state index in [1.165, 1.54) is 0 Å². The lowest BCUT2D eigenvalue weighted by Gasteiger charge is -2.37. The summed E-state index contributed by atoms with van der Waals surface area (Å²) in [6.07, 6.45) is 0. The average Bonchev–Trinajstić information content (AvgIpc) is 2.18. The zero-order valence-electron chi connectivity index (χ0n) is 9.06. The van der Waals surface area contributed by atoms with Gasteiger partial charge >= 0.3 is 0 Å². The first-order valence-corrected chi connectivity index (χ1v) is 7.34. The number of aliphatic hydroxyl groups is 1. The predicted octanol–water partition coefficient (Wildman–Crippen LogP) is 4.33. The minimum atomic E-state index is -2.00. The van der Waals surface area contributed by atoms with Crippen molar-refractivity contribution in [1.29, 1.82) is 0 Å². The fourth-order valence-corrected chi connectivity index (χ4v) is 3.38. The van der Waals surface area contributed by atoms with E-state index in [0.29, 0.717) is 0 Å². The van der Waals surface area contributed by atoms with E-state index < -0.39 is 38.1 Å². The third-order valence-corrected chi connectivity index (χ3v) is 5.86. The summed E-state index contributed by atoms with van der Waals surface area (Å²) >= 11 is 35.3. The van der Waals surface area contributed by atoms with Crippen molar-refractivity contribution in [3.8, 4) is 0 Å². The fourth-order valence-electron chi connectivity index (χ4n) is 1.05. The molecule has 0 aliphatic heterocycles. The fraction of sp³-hybridized carbons (Fsp3) is 1.00. The third-order valence-electron chi connectivity index (χ3n) is 1.83. The molecular weight excluding hydrogens is 356 g/mol. The Balaban J connectivity index is 0.000000437. The Morgan fingerprint density at radius 2 is 0.765 bits per heavy atom. The highest BCUT2D eigenvalue weighted by Gasteiger charge is 2.46. The van der Waals surface area contributed by atoms with Crippen LogP contribution in [0.25, 0.3) is 0 Å². The van der Waals surface area contributed by atoms with E-state index in [4.69, 9.17) is 74.7 Å². The Hall–Kier alpha value is 1.63. The van der Waals surface area contributed by atoms with Gasteiger partial charge in [0, 0.05) is 0 Å². The molecule has 1 nitrogen and oxygen atoms in total. The van der Waals surface area contributed by atoms with Gasteiger partial charge in [-0.15, -0.1) is 69.6 Å². The van der Waals surface area contributed by atoms with E-state index in [1.807, 2.05) is 0 Å². The molecule has 17 heavy (non-hydrogen) atoms. The second-order valence-corrected chi connectivity index (χ2v) is 7.10. The van der Waals surface area contributed by atoms with E-state index in [9.17, 15) is 4.39 Å². The molecule has 0 saturated heterocycles. The highest BCUT2D eigenvalue weighted by Crippen LogP contribution is 2.39. The molecule has 0 unspecified atom stereocenters. The summed E-state index contributed by atoms with van der Waals surface area (Å²) in [5, 5.41) is 5.23. The molecule has 0 heterocycles. The van der Waals surface area contributed by atoms with Crippen LogP contribution in [0.15, 0.2) is 0 Å². The zero-order valence-corrected chi connectivity index (χ0v) is 13.6. The van der Waals surface area contributed by atoms with Crippen molar-refractivity contribution in [1.82, 2.24) is 0 Å². The van der Waals surface area contributed by atoms with E-state index in [0.717, 1.165) is 13.8 Å². The van der Waals surface area contributed by atoms with Gasteiger partial charge in [-0.05, 0) is 13.8 Å². The van der Waals surface area contributed by atoms with Crippen LogP contribution in [0, 0.1) is 0 Å². The molecule has 0 spiro atoms. The van der Waals surface area contributed by atoms with Crippen LogP contribution in [0.2, 0.25) is 0 Å². The van der Waals surface area contributed by atoms with Crippen LogP contribution in [0.5, 0.6) is 0 Å². The number of rotatable bonds is 0. The SMILES string of the molecule is CC(C)(O)F.Cl[C@H]1[C@H](Cl)[C@@H](Cl)[C@@H](Cl)[C@H](Cl)[C@H]1Cl. The summed E-state index contributed by atoms with van der Waals surface area (Å²) < 4.78 is 11.2. The molecule has 1 rings (SSSR count). The van der Waals surface area contributed by atoms with Gasteiger partial charge in [0.05, 0.1) is 32.3 Å². The Kier molecular flexibility index (Phi) is 8.13. The second-order valence-electron chi connectivity index (χ2n) is 4.08. The lowest BCUT2D eigenvalue weighted by molar-refractivity contribution is -0.0515. The molecule has 1 aliphatic rings. The minimum absolute atomic E-state index is 0.437. The molecule has 0 aromatic heterocycles. The first-order valence-electron chi connectivity index (χ1n) is 4.72. The number of hydrogen-bond donors (Lipinski definition) is 1. The zero-order chi connectivity index (χ0) is 14.0. The van der Waals surface area contributed by atoms with E-state index in [2.05, 4.69) is 0 Å². The van der Waals surface area contributed by atoms with Crippen molar-refractivity contribution in [3.05, 3.63) is 0 Å². The molecule has 0 aromatic rings. The molecule has 1 saturated carbocycles. The lowest BCUT2D eigenvalue weighted by Crippen LogP contribution is -2.52. The summed E-state index contributed by atoms with van der Waals surface area (Å²) in [6, 6.07) is 0. The lowest BCUT2D eigenvalue weighted by atomic mass is 9.97. The molecule has 0 aromatic carbocycles.